The van der Waals surface area contributed by atoms with Gasteiger partial charge in [0.25, 0.3) is 0 Å². The van der Waals surface area contributed by atoms with Crippen molar-refractivity contribution >= 4 is 11.9 Å². The fourth-order valence-electron chi connectivity index (χ4n) is 11.1. The average molecular weight is 1120 g/mol. The van der Waals surface area contributed by atoms with E-state index in [4.69, 9.17) is 4.74 Å². The first-order chi connectivity index (χ1) is 39.5. The van der Waals surface area contributed by atoms with E-state index in [0.717, 1.165) is 57.8 Å². The van der Waals surface area contributed by atoms with E-state index in [2.05, 4.69) is 55.6 Å². The highest BCUT2D eigenvalue weighted by Crippen LogP contribution is 2.18. The molecule has 0 rings (SSSR count). The first kappa shape index (κ1) is 77.8. The fourth-order valence-corrected chi connectivity index (χ4v) is 11.1. The van der Waals surface area contributed by atoms with Crippen LogP contribution in [0.15, 0.2) is 48.6 Å². The molecular weight excluding hydrogens is 983 g/mol. The lowest BCUT2D eigenvalue weighted by molar-refractivity contribution is -0.143. The quantitative estimate of drug-likeness (QED) is 0.0320. The van der Waals surface area contributed by atoms with Crippen LogP contribution in [0.5, 0.6) is 0 Å². The summed E-state index contributed by atoms with van der Waals surface area (Å²) < 4.78 is 5.49. The van der Waals surface area contributed by atoms with Gasteiger partial charge in [0.15, 0.2) is 0 Å². The summed E-state index contributed by atoms with van der Waals surface area (Å²) in [4.78, 5) is 24.6. The molecule has 6 nitrogen and oxygen atoms in total. The summed E-state index contributed by atoms with van der Waals surface area (Å²) in [7, 11) is 0. The minimum atomic E-state index is -0.852. The van der Waals surface area contributed by atoms with Gasteiger partial charge in [-0.25, -0.2) is 0 Å². The topological polar surface area (TPSA) is 95.9 Å². The van der Waals surface area contributed by atoms with Crippen LogP contribution in [0.2, 0.25) is 0 Å². The van der Waals surface area contributed by atoms with Crippen LogP contribution in [0.4, 0.5) is 0 Å². The van der Waals surface area contributed by atoms with E-state index < -0.39 is 12.1 Å². The number of aliphatic hydroxyl groups excluding tert-OH is 2. The monoisotopic (exact) mass is 1120 g/mol. The Kier molecular flexibility index (Phi) is 67.4. The van der Waals surface area contributed by atoms with Crippen LogP contribution in [0.1, 0.15) is 386 Å². The molecule has 0 radical (unpaired) electrons. The first-order valence-corrected chi connectivity index (χ1v) is 35.9. The number of aliphatic hydroxyl groups is 2. The van der Waals surface area contributed by atoms with E-state index in [-0.39, 0.29) is 18.5 Å². The van der Waals surface area contributed by atoms with Gasteiger partial charge in [-0.2, -0.15) is 0 Å². The van der Waals surface area contributed by atoms with Crippen molar-refractivity contribution < 1.29 is 24.5 Å². The van der Waals surface area contributed by atoms with Crippen LogP contribution >= 0.6 is 0 Å². The van der Waals surface area contributed by atoms with Crippen molar-refractivity contribution in [2.45, 2.75) is 398 Å². The molecule has 6 heteroatoms. The molecule has 0 fully saturated rings. The zero-order chi connectivity index (χ0) is 57.8. The normalized spacial score (nSPS) is 12.8. The first-order valence-electron chi connectivity index (χ1n) is 35.9. The molecule has 0 aliphatic carbocycles. The molecular formula is C74H139NO5. The van der Waals surface area contributed by atoms with Gasteiger partial charge in [0.05, 0.1) is 25.4 Å². The van der Waals surface area contributed by atoms with Crippen molar-refractivity contribution in [3.8, 4) is 0 Å². The van der Waals surface area contributed by atoms with Gasteiger partial charge < -0.3 is 20.3 Å². The molecule has 0 aromatic rings. The van der Waals surface area contributed by atoms with E-state index in [9.17, 15) is 19.8 Å². The maximum absolute atomic E-state index is 12.5. The molecule has 1 amide bonds. The minimum Gasteiger partial charge on any atom is -0.466 e. The second-order valence-corrected chi connectivity index (χ2v) is 24.6. The molecule has 0 aromatic heterocycles. The van der Waals surface area contributed by atoms with E-state index in [1.165, 1.54) is 302 Å². The summed E-state index contributed by atoms with van der Waals surface area (Å²) in [6, 6.07) is -0.636. The van der Waals surface area contributed by atoms with E-state index in [0.29, 0.717) is 19.4 Å². The van der Waals surface area contributed by atoms with Crippen molar-refractivity contribution in [3.63, 3.8) is 0 Å². The Morgan fingerprint density at radius 2 is 0.625 bits per heavy atom. The largest absolute Gasteiger partial charge is 0.466 e. The third kappa shape index (κ3) is 65.0. The molecule has 80 heavy (non-hydrogen) atoms. The molecule has 2 atom stereocenters. The number of carbonyl (C=O) groups is 2. The van der Waals surface area contributed by atoms with E-state index >= 15 is 0 Å². The Hall–Kier alpha value is -2.18. The zero-order valence-electron chi connectivity index (χ0n) is 53.8. The maximum Gasteiger partial charge on any atom is 0.305 e. The Bertz CT molecular complexity index is 1340. The van der Waals surface area contributed by atoms with Crippen molar-refractivity contribution in [1.29, 1.82) is 0 Å². The number of amides is 1. The number of nitrogens with one attached hydrogen (secondary N) is 1. The number of ether oxygens (including phenoxy) is 1. The second kappa shape index (κ2) is 69.3. The Labute approximate surface area is 499 Å². The Balaban J connectivity index is 3.45. The van der Waals surface area contributed by atoms with Gasteiger partial charge in [0.1, 0.15) is 0 Å². The smallest absolute Gasteiger partial charge is 0.305 e. The van der Waals surface area contributed by atoms with Crippen LogP contribution < -0.4 is 5.32 Å². The second-order valence-electron chi connectivity index (χ2n) is 24.6. The third-order valence-corrected chi connectivity index (χ3v) is 16.6. The summed E-state index contributed by atoms with van der Waals surface area (Å²) in [6.07, 6.45) is 90.4. The molecule has 0 aliphatic rings. The van der Waals surface area contributed by atoms with Crippen LogP contribution in [0.3, 0.4) is 0 Å². The molecule has 0 bridgehead atoms. The van der Waals surface area contributed by atoms with Crippen molar-refractivity contribution in [2.75, 3.05) is 13.2 Å². The number of allylic oxidation sites excluding steroid dienone is 7. The van der Waals surface area contributed by atoms with Crippen LogP contribution in [-0.4, -0.2) is 47.4 Å². The zero-order valence-corrected chi connectivity index (χ0v) is 53.8. The predicted molar refractivity (Wildman–Crippen MR) is 352 cm³/mol. The van der Waals surface area contributed by atoms with E-state index in [1.54, 1.807) is 6.08 Å². The van der Waals surface area contributed by atoms with Crippen LogP contribution in [-0.2, 0) is 14.3 Å². The van der Waals surface area contributed by atoms with Crippen molar-refractivity contribution in [2.24, 2.45) is 0 Å². The van der Waals surface area contributed by atoms with Gasteiger partial charge in [0.2, 0.25) is 5.91 Å². The van der Waals surface area contributed by atoms with Gasteiger partial charge in [-0.3, -0.25) is 9.59 Å². The molecule has 0 spiro atoms. The van der Waals surface area contributed by atoms with Gasteiger partial charge in [-0.1, -0.05) is 332 Å². The van der Waals surface area contributed by atoms with Crippen LogP contribution in [0.25, 0.3) is 0 Å². The van der Waals surface area contributed by atoms with Crippen molar-refractivity contribution in [1.82, 2.24) is 5.32 Å². The van der Waals surface area contributed by atoms with Gasteiger partial charge in [-0.15, -0.1) is 0 Å². The molecule has 0 aliphatic heterocycles. The molecule has 0 saturated carbocycles. The number of carbonyl (C=O) groups excluding carboxylic acids is 2. The number of hydrogen-bond acceptors (Lipinski definition) is 5. The minimum absolute atomic E-state index is 0.000240. The fraction of sp³-hybridized carbons (Fsp3) is 0.865. The highest BCUT2D eigenvalue weighted by Gasteiger charge is 2.18. The lowest BCUT2D eigenvalue weighted by Gasteiger charge is -2.20. The summed E-state index contributed by atoms with van der Waals surface area (Å²) in [6.45, 7) is 4.90. The number of hydrogen-bond donors (Lipinski definition) is 3. The molecule has 3 N–H and O–H groups in total. The summed E-state index contributed by atoms with van der Waals surface area (Å²) in [5, 5.41) is 23.3. The Morgan fingerprint density at radius 1 is 0.350 bits per heavy atom. The van der Waals surface area contributed by atoms with Gasteiger partial charge >= 0.3 is 5.97 Å². The third-order valence-electron chi connectivity index (χ3n) is 16.6. The number of esters is 1. The van der Waals surface area contributed by atoms with Gasteiger partial charge in [0, 0.05) is 12.8 Å². The Morgan fingerprint density at radius 3 is 0.988 bits per heavy atom. The summed E-state index contributed by atoms with van der Waals surface area (Å²) in [5.41, 5.74) is 0. The molecule has 2 unspecified atom stereocenters. The average Bonchev–Trinajstić information content (AvgIpc) is 3.46. The highest BCUT2D eigenvalue weighted by atomic mass is 16.5. The lowest BCUT2D eigenvalue weighted by Crippen LogP contribution is -2.45. The predicted octanol–water partition coefficient (Wildman–Crippen LogP) is 23.3. The van der Waals surface area contributed by atoms with Gasteiger partial charge in [-0.05, 0) is 89.9 Å². The molecule has 0 saturated heterocycles. The molecule has 0 heterocycles. The number of unbranched alkanes of at least 4 members (excludes halogenated alkanes) is 50. The summed E-state index contributed by atoms with van der Waals surface area (Å²) in [5.74, 6) is -0.0721. The summed E-state index contributed by atoms with van der Waals surface area (Å²) >= 11 is 0. The number of rotatable bonds is 67. The van der Waals surface area contributed by atoms with Crippen molar-refractivity contribution in [3.05, 3.63) is 48.6 Å². The molecule has 470 valence electrons. The highest BCUT2D eigenvalue weighted by molar-refractivity contribution is 5.76. The standard InChI is InChI=1S/C74H139NO5/c1-3-5-7-9-11-13-15-17-19-21-22-23-24-25-26-28-31-35-38-42-46-50-54-58-62-66-72(77)71(70-76)75-73(78)67-63-59-55-51-47-43-39-36-32-29-27-30-33-37-41-45-49-53-57-61-65-69-80-74(79)68-64-60-56-52-48-44-40-34-20-18-16-14-12-10-8-6-4-2/h12,14,18,20,29,32,62,66,71-72,76-77H,3-11,13,15-17,19,21-28,30-31,33-61,63-65,67-70H2,1-2H3,(H,75,78)/b14-12-,20-18-,32-29-,66-62+. The van der Waals surface area contributed by atoms with Crippen LogP contribution in [0, 0.1) is 0 Å². The lowest BCUT2D eigenvalue weighted by atomic mass is 10.0. The van der Waals surface area contributed by atoms with E-state index in [1.807, 2.05) is 6.08 Å². The maximum atomic E-state index is 12.5. The molecule has 0 aromatic carbocycles. The SMILES string of the molecule is CCCCC/C=C\C/C=C\CCCCCCCCCC(=O)OCCCCCCCCCCCC/C=C\CCCCCCCCCC(=O)NC(CO)C(O)/C=C/CCCCCCCCCCCCCCCCCCCCCCCCC.